The summed E-state index contributed by atoms with van der Waals surface area (Å²) < 4.78 is 5.43. The van der Waals surface area contributed by atoms with Gasteiger partial charge in [-0.2, -0.15) is 0 Å². The molecule has 1 heterocycles. The third-order valence-corrected chi connectivity index (χ3v) is 3.75. The van der Waals surface area contributed by atoms with Crippen molar-refractivity contribution in [3.8, 4) is 0 Å². The summed E-state index contributed by atoms with van der Waals surface area (Å²) in [5, 5.41) is 2.76. The molecule has 0 spiro atoms. The number of hydrogen-bond donors (Lipinski definition) is 1. The second kappa shape index (κ2) is 4.20. The first-order valence-electron chi connectivity index (χ1n) is 5.52. The van der Waals surface area contributed by atoms with Crippen LogP contribution in [0.1, 0.15) is 40.5 Å². The molecule has 1 amide bonds. The number of cyclic esters (lactones) is 1. The third-order valence-electron chi connectivity index (χ3n) is 3.75. The zero-order valence-electron chi connectivity index (χ0n) is 9.59. The molecule has 0 aromatic rings. The van der Waals surface area contributed by atoms with Crippen LogP contribution in [0.15, 0.2) is 0 Å². The largest absolute Gasteiger partial charge is 0.441 e. The number of rotatable bonds is 4. The Hall–Kier alpha value is -0.730. The molecule has 0 radical (unpaired) electrons. The molecule has 14 heavy (non-hydrogen) atoms. The van der Waals surface area contributed by atoms with Crippen LogP contribution >= 0.6 is 0 Å². The first-order valence-corrected chi connectivity index (χ1v) is 5.52. The van der Waals surface area contributed by atoms with Crippen LogP contribution in [-0.2, 0) is 4.74 Å². The van der Waals surface area contributed by atoms with E-state index in [4.69, 9.17) is 4.74 Å². The fourth-order valence-electron chi connectivity index (χ4n) is 2.12. The highest BCUT2D eigenvalue weighted by atomic mass is 16.6. The van der Waals surface area contributed by atoms with Crippen LogP contribution in [0, 0.1) is 11.8 Å². The van der Waals surface area contributed by atoms with Crippen LogP contribution in [0.3, 0.4) is 0 Å². The van der Waals surface area contributed by atoms with E-state index in [0.717, 1.165) is 12.8 Å². The number of nitrogens with one attached hydrogen (secondary N) is 1. The van der Waals surface area contributed by atoms with Crippen molar-refractivity contribution in [2.45, 2.75) is 46.1 Å². The average molecular weight is 199 g/mol. The Morgan fingerprint density at radius 3 is 2.50 bits per heavy atom. The molecule has 1 N–H and O–H groups in total. The van der Waals surface area contributed by atoms with Crippen molar-refractivity contribution < 1.29 is 9.53 Å². The Balaban J connectivity index is 2.74. The van der Waals surface area contributed by atoms with Gasteiger partial charge in [0.2, 0.25) is 0 Å². The Labute approximate surface area is 86.2 Å². The van der Waals surface area contributed by atoms with Gasteiger partial charge in [-0.15, -0.1) is 0 Å². The first-order chi connectivity index (χ1) is 6.55. The molecule has 1 rings (SSSR count). The fraction of sp³-hybridized carbons (Fsp3) is 0.909. The van der Waals surface area contributed by atoms with E-state index >= 15 is 0 Å². The van der Waals surface area contributed by atoms with Crippen molar-refractivity contribution in [3.63, 3.8) is 0 Å². The predicted molar refractivity (Wildman–Crippen MR) is 56.1 cm³/mol. The lowest BCUT2D eigenvalue weighted by molar-refractivity contribution is -0.0111. The van der Waals surface area contributed by atoms with Gasteiger partial charge in [-0.05, 0) is 12.3 Å². The molecule has 3 unspecified atom stereocenters. The van der Waals surface area contributed by atoms with Gasteiger partial charge in [0.15, 0.2) is 0 Å². The summed E-state index contributed by atoms with van der Waals surface area (Å²) in [5.74, 6) is 0.999. The predicted octanol–water partition coefficient (Wildman–Crippen LogP) is 2.56. The molecule has 1 aliphatic heterocycles. The van der Waals surface area contributed by atoms with Gasteiger partial charge in [0.1, 0.15) is 5.60 Å². The lowest BCUT2D eigenvalue weighted by Crippen LogP contribution is -2.42. The maximum atomic E-state index is 11.1. The third kappa shape index (κ3) is 1.86. The Kier molecular flexibility index (Phi) is 3.40. The second-order valence-corrected chi connectivity index (χ2v) is 4.34. The van der Waals surface area contributed by atoms with Crippen LogP contribution in [0.5, 0.6) is 0 Å². The molecule has 0 saturated carbocycles. The summed E-state index contributed by atoms with van der Waals surface area (Å²) in [4.78, 5) is 11.1. The standard InChI is InChI=1S/C11H21NO2/c1-5-8(3)9(4)11(6-2)7-12-10(13)14-11/h8-9H,5-7H2,1-4H3,(H,12,13). The minimum Gasteiger partial charge on any atom is -0.441 e. The fourth-order valence-corrected chi connectivity index (χ4v) is 2.12. The van der Waals surface area contributed by atoms with Crippen LogP contribution in [-0.4, -0.2) is 18.2 Å². The van der Waals surface area contributed by atoms with Gasteiger partial charge < -0.3 is 10.1 Å². The van der Waals surface area contributed by atoms with Crippen molar-refractivity contribution in [3.05, 3.63) is 0 Å². The SMILES string of the molecule is CCC(C)C(C)C1(CC)CNC(=O)O1. The number of amides is 1. The molecule has 0 aliphatic carbocycles. The van der Waals surface area contributed by atoms with Crippen LogP contribution in [0.4, 0.5) is 4.79 Å². The zero-order chi connectivity index (χ0) is 10.8. The number of carbonyl (C=O) groups is 1. The van der Waals surface area contributed by atoms with Crippen LogP contribution in [0.25, 0.3) is 0 Å². The molecular weight excluding hydrogens is 178 g/mol. The Bertz CT molecular complexity index is 217. The summed E-state index contributed by atoms with van der Waals surface area (Å²) in [6, 6.07) is 0. The maximum Gasteiger partial charge on any atom is 0.407 e. The Morgan fingerprint density at radius 1 is 1.50 bits per heavy atom. The molecule has 0 aromatic carbocycles. The number of hydrogen-bond acceptors (Lipinski definition) is 2. The van der Waals surface area contributed by atoms with Gasteiger partial charge in [-0.1, -0.05) is 34.1 Å². The molecule has 0 aromatic heterocycles. The minimum atomic E-state index is -0.271. The molecule has 1 fully saturated rings. The number of ether oxygens (including phenoxy) is 1. The summed E-state index contributed by atoms with van der Waals surface area (Å²) >= 11 is 0. The molecule has 3 nitrogen and oxygen atoms in total. The molecule has 0 bridgehead atoms. The van der Waals surface area contributed by atoms with E-state index < -0.39 is 0 Å². The van der Waals surface area contributed by atoms with E-state index in [0.29, 0.717) is 18.4 Å². The topological polar surface area (TPSA) is 38.3 Å². The normalized spacial score (nSPS) is 30.7. The van der Waals surface area contributed by atoms with Gasteiger partial charge in [-0.3, -0.25) is 0 Å². The van der Waals surface area contributed by atoms with Crippen LogP contribution in [0.2, 0.25) is 0 Å². The highest BCUT2D eigenvalue weighted by Gasteiger charge is 2.44. The van der Waals surface area contributed by atoms with E-state index in [1.54, 1.807) is 0 Å². The average Bonchev–Trinajstić information content (AvgIpc) is 2.59. The van der Waals surface area contributed by atoms with E-state index in [-0.39, 0.29) is 11.7 Å². The Morgan fingerprint density at radius 2 is 2.14 bits per heavy atom. The van der Waals surface area contributed by atoms with Gasteiger partial charge >= 0.3 is 6.09 Å². The second-order valence-electron chi connectivity index (χ2n) is 4.34. The number of alkyl carbamates (subject to hydrolysis) is 1. The van der Waals surface area contributed by atoms with Crippen LogP contribution < -0.4 is 5.32 Å². The highest BCUT2D eigenvalue weighted by molar-refractivity contribution is 5.70. The minimum absolute atomic E-state index is 0.262. The van der Waals surface area contributed by atoms with Gasteiger partial charge in [0, 0.05) is 5.92 Å². The van der Waals surface area contributed by atoms with E-state index in [1.165, 1.54) is 0 Å². The summed E-state index contributed by atoms with van der Waals surface area (Å²) in [5.41, 5.74) is -0.271. The maximum absolute atomic E-state index is 11.1. The molecule has 1 aliphatic rings. The highest BCUT2D eigenvalue weighted by Crippen LogP contribution is 2.35. The molecule has 3 atom stereocenters. The van der Waals surface area contributed by atoms with Crippen molar-refractivity contribution in [2.75, 3.05) is 6.54 Å². The molecular formula is C11H21NO2. The number of carbonyl (C=O) groups excluding carboxylic acids is 1. The van der Waals surface area contributed by atoms with Gasteiger partial charge in [0.05, 0.1) is 6.54 Å². The van der Waals surface area contributed by atoms with Crippen molar-refractivity contribution in [2.24, 2.45) is 11.8 Å². The van der Waals surface area contributed by atoms with E-state index in [1.807, 2.05) is 0 Å². The summed E-state index contributed by atoms with van der Waals surface area (Å²) in [7, 11) is 0. The van der Waals surface area contributed by atoms with E-state index in [9.17, 15) is 4.79 Å². The summed E-state index contributed by atoms with van der Waals surface area (Å²) in [6.07, 6.45) is 1.75. The van der Waals surface area contributed by atoms with Crippen molar-refractivity contribution >= 4 is 6.09 Å². The molecule has 3 heteroatoms. The van der Waals surface area contributed by atoms with Crippen molar-refractivity contribution in [1.82, 2.24) is 5.32 Å². The first kappa shape index (κ1) is 11.3. The quantitative estimate of drug-likeness (QED) is 0.755. The van der Waals surface area contributed by atoms with Crippen molar-refractivity contribution in [1.29, 1.82) is 0 Å². The van der Waals surface area contributed by atoms with E-state index in [2.05, 4.69) is 33.0 Å². The lowest BCUT2D eigenvalue weighted by Gasteiger charge is -2.35. The monoisotopic (exact) mass is 199 g/mol. The lowest BCUT2D eigenvalue weighted by atomic mass is 9.77. The smallest absolute Gasteiger partial charge is 0.407 e. The van der Waals surface area contributed by atoms with Gasteiger partial charge in [0.25, 0.3) is 0 Å². The molecule has 1 saturated heterocycles. The molecule has 82 valence electrons. The zero-order valence-corrected chi connectivity index (χ0v) is 9.59. The van der Waals surface area contributed by atoms with Gasteiger partial charge in [-0.25, -0.2) is 4.79 Å². The summed E-state index contributed by atoms with van der Waals surface area (Å²) in [6.45, 7) is 9.31.